The number of imidazole rings is 1. The summed E-state index contributed by atoms with van der Waals surface area (Å²) in [5, 5.41) is 3.29. The average molecular weight is 250 g/mol. The van der Waals surface area contributed by atoms with Gasteiger partial charge in [-0.1, -0.05) is 6.42 Å². The fourth-order valence-electron chi connectivity index (χ4n) is 2.75. The van der Waals surface area contributed by atoms with Gasteiger partial charge in [0.15, 0.2) is 0 Å². The molecule has 2 heterocycles. The Bertz CT molecular complexity index is 347. The number of anilines is 1. The summed E-state index contributed by atoms with van der Waals surface area (Å²) < 4.78 is 2.22. The molecule has 4 nitrogen and oxygen atoms in total. The summed E-state index contributed by atoms with van der Waals surface area (Å²) in [6.45, 7) is 8.96. The van der Waals surface area contributed by atoms with E-state index in [0.717, 1.165) is 25.1 Å². The van der Waals surface area contributed by atoms with Gasteiger partial charge in [-0.3, -0.25) is 0 Å². The fraction of sp³-hybridized carbons (Fsp3) is 0.786. The van der Waals surface area contributed by atoms with Crippen LogP contribution >= 0.6 is 0 Å². The lowest BCUT2D eigenvalue weighted by atomic mass is 10.0. The lowest BCUT2D eigenvalue weighted by Gasteiger charge is -2.33. The molecular formula is C14H26N4. The molecule has 1 aliphatic rings. The SMILES string of the molecule is CCNc1nccn1CCCN1CCCCC1C. The van der Waals surface area contributed by atoms with Gasteiger partial charge in [-0.05, 0) is 39.7 Å². The first-order valence-corrected chi connectivity index (χ1v) is 7.30. The summed E-state index contributed by atoms with van der Waals surface area (Å²) in [4.78, 5) is 6.96. The van der Waals surface area contributed by atoms with Gasteiger partial charge in [-0.2, -0.15) is 0 Å². The lowest BCUT2D eigenvalue weighted by molar-refractivity contribution is 0.157. The molecule has 1 saturated heterocycles. The number of nitrogens with one attached hydrogen (secondary N) is 1. The van der Waals surface area contributed by atoms with Gasteiger partial charge in [0.25, 0.3) is 0 Å². The monoisotopic (exact) mass is 250 g/mol. The van der Waals surface area contributed by atoms with E-state index in [1.165, 1.54) is 38.8 Å². The molecule has 0 bridgehead atoms. The first kappa shape index (κ1) is 13.4. The molecule has 102 valence electrons. The first-order valence-electron chi connectivity index (χ1n) is 7.30. The van der Waals surface area contributed by atoms with E-state index in [1.54, 1.807) is 0 Å². The third-order valence-corrected chi connectivity index (χ3v) is 3.84. The van der Waals surface area contributed by atoms with Gasteiger partial charge in [0, 0.05) is 38.1 Å². The number of nitrogens with zero attached hydrogens (tertiary/aromatic N) is 3. The molecule has 2 rings (SSSR count). The predicted molar refractivity (Wildman–Crippen MR) is 75.9 cm³/mol. The predicted octanol–water partition coefficient (Wildman–Crippen LogP) is 2.58. The fourth-order valence-corrected chi connectivity index (χ4v) is 2.75. The van der Waals surface area contributed by atoms with E-state index in [0.29, 0.717) is 0 Å². The van der Waals surface area contributed by atoms with Crippen molar-refractivity contribution in [1.29, 1.82) is 0 Å². The van der Waals surface area contributed by atoms with Crippen molar-refractivity contribution in [2.75, 3.05) is 25.0 Å². The van der Waals surface area contributed by atoms with E-state index in [2.05, 4.69) is 39.8 Å². The van der Waals surface area contributed by atoms with E-state index in [4.69, 9.17) is 0 Å². The van der Waals surface area contributed by atoms with Crippen LogP contribution in [-0.2, 0) is 6.54 Å². The second-order valence-electron chi connectivity index (χ2n) is 5.21. The largest absolute Gasteiger partial charge is 0.356 e. The van der Waals surface area contributed by atoms with Crippen LogP contribution in [0.1, 0.15) is 39.5 Å². The second kappa shape index (κ2) is 6.78. The molecule has 0 spiro atoms. The maximum Gasteiger partial charge on any atom is 0.202 e. The van der Waals surface area contributed by atoms with E-state index >= 15 is 0 Å². The normalized spacial score (nSPS) is 21.1. The van der Waals surface area contributed by atoms with Gasteiger partial charge in [0.1, 0.15) is 0 Å². The molecule has 1 aliphatic heterocycles. The van der Waals surface area contributed by atoms with Crippen molar-refractivity contribution in [2.24, 2.45) is 0 Å². The highest BCUT2D eigenvalue weighted by molar-refractivity contribution is 5.25. The summed E-state index contributed by atoms with van der Waals surface area (Å²) >= 11 is 0. The Morgan fingerprint density at radius 1 is 1.39 bits per heavy atom. The van der Waals surface area contributed by atoms with Crippen LogP contribution in [0, 0.1) is 0 Å². The van der Waals surface area contributed by atoms with Crippen LogP contribution in [0.15, 0.2) is 12.4 Å². The number of hydrogen-bond acceptors (Lipinski definition) is 3. The first-order chi connectivity index (χ1) is 8.81. The molecule has 1 atom stereocenters. The number of hydrogen-bond donors (Lipinski definition) is 1. The molecule has 0 aliphatic carbocycles. The molecule has 0 saturated carbocycles. The molecule has 0 radical (unpaired) electrons. The van der Waals surface area contributed by atoms with E-state index < -0.39 is 0 Å². The van der Waals surface area contributed by atoms with Gasteiger partial charge >= 0.3 is 0 Å². The summed E-state index contributed by atoms with van der Waals surface area (Å²) in [5.74, 6) is 1.00. The molecule has 0 amide bonds. The standard InChI is InChI=1S/C14H26N4/c1-3-15-14-16-8-12-18(14)11-6-10-17-9-5-4-7-13(17)2/h8,12-13H,3-7,9-11H2,1-2H3,(H,15,16). The summed E-state index contributed by atoms with van der Waals surface area (Å²) in [6, 6.07) is 0.773. The number of likely N-dealkylation sites (tertiary alicyclic amines) is 1. The summed E-state index contributed by atoms with van der Waals surface area (Å²) in [7, 11) is 0. The molecule has 18 heavy (non-hydrogen) atoms. The summed E-state index contributed by atoms with van der Waals surface area (Å²) in [6.07, 6.45) is 9.30. The van der Waals surface area contributed by atoms with Crippen LogP contribution in [-0.4, -0.2) is 40.1 Å². The lowest BCUT2D eigenvalue weighted by Crippen LogP contribution is -2.38. The van der Waals surface area contributed by atoms with Crippen LogP contribution in [0.2, 0.25) is 0 Å². The van der Waals surface area contributed by atoms with Gasteiger partial charge in [-0.25, -0.2) is 4.98 Å². The van der Waals surface area contributed by atoms with Crippen molar-refractivity contribution < 1.29 is 0 Å². The Kier molecular flexibility index (Phi) is 5.05. The highest BCUT2D eigenvalue weighted by Gasteiger charge is 2.17. The maximum absolute atomic E-state index is 4.32. The zero-order valence-electron chi connectivity index (χ0n) is 11.7. The smallest absolute Gasteiger partial charge is 0.202 e. The molecular weight excluding hydrogens is 224 g/mol. The Morgan fingerprint density at radius 3 is 3.06 bits per heavy atom. The Morgan fingerprint density at radius 2 is 2.28 bits per heavy atom. The minimum atomic E-state index is 0.773. The Hall–Kier alpha value is -1.03. The van der Waals surface area contributed by atoms with Crippen LogP contribution in [0.4, 0.5) is 5.95 Å². The molecule has 0 aromatic carbocycles. The van der Waals surface area contributed by atoms with Gasteiger partial charge < -0.3 is 14.8 Å². The average Bonchev–Trinajstić information content (AvgIpc) is 2.80. The number of piperidine rings is 1. The number of aryl methyl sites for hydroxylation is 1. The molecule has 1 aromatic rings. The van der Waals surface area contributed by atoms with Gasteiger partial charge in [0.2, 0.25) is 5.95 Å². The molecule has 1 fully saturated rings. The zero-order valence-corrected chi connectivity index (χ0v) is 11.7. The third kappa shape index (κ3) is 3.48. The number of rotatable bonds is 6. The summed E-state index contributed by atoms with van der Waals surface area (Å²) in [5.41, 5.74) is 0. The van der Waals surface area contributed by atoms with Gasteiger partial charge in [-0.15, -0.1) is 0 Å². The Balaban J connectivity index is 1.75. The van der Waals surface area contributed by atoms with Crippen molar-refractivity contribution in [1.82, 2.24) is 14.5 Å². The quantitative estimate of drug-likeness (QED) is 0.842. The minimum Gasteiger partial charge on any atom is -0.356 e. The van der Waals surface area contributed by atoms with Crippen LogP contribution in [0.5, 0.6) is 0 Å². The van der Waals surface area contributed by atoms with E-state index in [1.807, 2.05) is 6.20 Å². The zero-order chi connectivity index (χ0) is 12.8. The molecule has 1 unspecified atom stereocenters. The van der Waals surface area contributed by atoms with Gasteiger partial charge in [0.05, 0.1) is 0 Å². The second-order valence-corrected chi connectivity index (χ2v) is 5.21. The van der Waals surface area contributed by atoms with Crippen LogP contribution in [0.25, 0.3) is 0 Å². The molecule has 1 aromatic heterocycles. The minimum absolute atomic E-state index is 0.773. The van der Waals surface area contributed by atoms with Crippen molar-refractivity contribution in [3.05, 3.63) is 12.4 Å². The Labute approximate surface area is 110 Å². The number of aromatic nitrogens is 2. The molecule has 4 heteroatoms. The molecule has 1 N–H and O–H groups in total. The van der Waals surface area contributed by atoms with Crippen LogP contribution < -0.4 is 5.32 Å². The van der Waals surface area contributed by atoms with E-state index in [9.17, 15) is 0 Å². The van der Waals surface area contributed by atoms with Crippen molar-refractivity contribution in [3.8, 4) is 0 Å². The van der Waals surface area contributed by atoms with Crippen molar-refractivity contribution in [2.45, 2.75) is 52.1 Å². The van der Waals surface area contributed by atoms with Crippen molar-refractivity contribution in [3.63, 3.8) is 0 Å². The highest BCUT2D eigenvalue weighted by Crippen LogP contribution is 2.16. The van der Waals surface area contributed by atoms with E-state index in [-0.39, 0.29) is 0 Å². The topological polar surface area (TPSA) is 33.1 Å². The van der Waals surface area contributed by atoms with Crippen molar-refractivity contribution >= 4 is 5.95 Å². The maximum atomic E-state index is 4.32. The van der Waals surface area contributed by atoms with Crippen LogP contribution in [0.3, 0.4) is 0 Å². The third-order valence-electron chi connectivity index (χ3n) is 3.84. The highest BCUT2D eigenvalue weighted by atomic mass is 15.2.